The largest absolute Gasteiger partial charge is 0.443 e. The van der Waals surface area contributed by atoms with Crippen LogP contribution in [0.25, 0.3) is 0 Å². The van der Waals surface area contributed by atoms with Crippen molar-refractivity contribution in [2.45, 2.75) is 63.8 Å². The molecule has 5 N–H and O–H groups in total. The molecule has 3 rings (SSSR count). The van der Waals surface area contributed by atoms with Crippen LogP contribution in [0.5, 0.6) is 5.88 Å². The standard InChI is InChI=1S/C20H28N2O6/c1-10(2)15-13(8-12-6-4-5-11(3)7-12)19(22-21-15)28-20-18(26)17(25)16(24)14(9-23)27-20/h4-7,10,14,16-18,20,23-26H,8-9H2,1-3H3,(H,21,22)/t14-,16-,17+,18-,20+/m1/s1. The Morgan fingerprint density at radius 2 is 1.93 bits per heavy atom. The van der Waals surface area contributed by atoms with Crippen LogP contribution >= 0.6 is 0 Å². The summed E-state index contributed by atoms with van der Waals surface area (Å²) in [5.41, 5.74) is 3.96. The van der Waals surface area contributed by atoms with Crippen molar-refractivity contribution in [3.63, 3.8) is 0 Å². The quantitative estimate of drug-likeness (QED) is 0.487. The summed E-state index contributed by atoms with van der Waals surface area (Å²) in [7, 11) is 0. The molecule has 0 radical (unpaired) electrons. The number of hydrogen-bond donors (Lipinski definition) is 5. The second kappa shape index (κ2) is 8.59. The van der Waals surface area contributed by atoms with Gasteiger partial charge in [0.05, 0.1) is 6.61 Å². The summed E-state index contributed by atoms with van der Waals surface area (Å²) in [6, 6.07) is 8.10. The first kappa shape index (κ1) is 20.8. The van der Waals surface area contributed by atoms with Gasteiger partial charge in [0.15, 0.2) is 0 Å². The molecule has 1 fully saturated rings. The summed E-state index contributed by atoms with van der Waals surface area (Å²) in [4.78, 5) is 0. The van der Waals surface area contributed by atoms with Gasteiger partial charge in [-0.1, -0.05) is 43.7 Å². The Kier molecular flexibility index (Phi) is 6.36. The van der Waals surface area contributed by atoms with Crippen molar-refractivity contribution in [1.29, 1.82) is 0 Å². The predicted molar refractivity (Wildman–Crippen MR) is 101 cm³/mol. The summed E-state index contributed by atoms with van der Waals surface area (Å²) in [6.45, 7) is 5.57. The molecule has 154 valence electrons. The van der Waals surface area contributed by atoms with E-state index < -0.39 is 37.3 Å². The van der Waals surface area contributed by atoms with Gasteiger partial charge >= 0.3 is 0 Å². The average Bonchev–Trinajstić information content (AvgIpc) is 3.04. The predicted octanol–water partition coefficient (Wildman–Crippen LogP) is 0.611. The van der Waals surface area contributed by atoms with Crippen LogP contribution in [-0.2, 0) is 11.2 Å². The van der Waals surface area contributed by atoms with Gasteiger partial charge in [0.1, 0.15) is 24.4 Å². The van der Waals surface area contributed by atoms with Gasteiger partial charge in [-0.05, 0) is 18.4 Å². The van der Waals surface area contributed by atoms with E-state index in [-0.39, 0.29) is 11.8 Å². The van der Waals surface area contributed by atoms with Gasteiger partial charge in [-0.2, -0.15) is 0 Å². The number of aromatic nitrogens is 2. The molecule has 28 heavy (non-hydrogen) atoms. The molecule has 2 aromatic rings. The van der Waals surface area contributed by atoms with Crippen molar-refractivity contribution >= 4 is 0 Å². The molecule has 0 bridgehead atoms. The molecule has 8 nitrogen and oxygen atoms in total. The molecule has 0 spiro atoms. The molecule has 0 unspecified atom stereocenters. The molecule has 0 aliphatic carbocycles. The number of benzene rings is 1. The molecule has 2 heterocycles. The monoisotopic (exact) mass is 392 g/mol. The summed E-state index contributed by atoms with van der Waals surface area (Å²) in [6.07, 6.45) is -6.15. The van der Waals surface area contributed by atoms with Gasteiger partial charge < -0.3 is 29.9 Å². The second-order valence-corrected chi connectivity index (χ2v) is 7.56. The minimum absolute atomic E-state index is 0.166. The molecular weight excluding hydrogens is 364 g/mol. The lowest BCUT2D eigenvalue weighted by molar-refractivity contribution is -0.278. The highest BCUT2D eigenvalue weighted by molar-refractivity contribution is 5.38. The summed E-state index contributed by atoms with van der Waals surface area (Å²) in [5.74, 6) is 0.425. The fraction of sp³-hybridized carbons (Fsp3) is 0.550. The van der Waals surface area contributed by atoms with Gasteiger partial charge in [-0.15, -0.1) is 5.10 Å². The first-order valence-corrected chi connectivity index (χ1v) is 9.41. The van der Waals surface area contributed by atoms with Crippen LogP contribution in [0.1, 0.15) is 42.1 Å². The zero-order valence-electron chi connectivity index (χ0n) is 16.2. The minimum atomic E-state index is -1.50. The molecule has 5 atom stereocenters. The normalized spacial score (nSPS) is 27.9. The summed E-state index contributed by atoms with van der Waals surface area (Å²) >= 11 is 0. The lowest BCUT2D eigenvalue weighted by Gasteiger charge is -2.39. The van der Waals surface area contributed by atoms with Crippen molar-refractivity contribution in [2.75, 3.05) is 6.61 Å². The van der Waals surface area contributed by atoms with E-state index in [0.29, 0.717) is 6.42 Å². The van der Waals surface area contributed by atoms with E-state index in [0.717, 1.165) is 22.4 Å². The maximum atomic E-state index is 10.2. The number of H-pyrrole nitrogens is 1. The van der Waals surface area contributed by atoms with Gasteiger partial charge in [-0.25, -0.2) is 0 Å². The second-order valence-electron chi connectivity index (χ2n) is 7.56. The Labute approximate surface area is 163 Å². The van der Waals surface area contributed by atoms with E-state index in [4.69, 9.17) is 9.47 Å². The Balaban J connectivity index is 1.87. The number of aromatic amines is 1. The number of nitrogens with one attached hydrogen (secondary N) is 1. The maximum absolute atomic E-state index is 10.2. The van der Waals surface area contributed by atoms with Crippen LogP contribution in [0.2, 0.25) is 0 Å². The highest BCUT2D eigenvalue weighted by Gasteiger charge is 2.45. The fourth-order valence-electron chi connectivity index (χ4n) is 3.41. The third-order valence-electron chi connectivity index (χ3n) is 4.98. The summed E-state index contributed by atoms with van der Waals surface area (Å²) < 4.78 is 11.2. The number of nitrogens with zero attached hydrogens (tertiary/aromatic N) is 1. The number of ether oxygens (including phenoxy) is 2. The average molecular weight is 392 g/mol. The number of aliphatic hydroxyl groups excluding tert-OH is 4. The SMILES string of the molecule is Cc1cccc(Cc2c(O[C@@H]3O[C@H](CO)[C@@H](O)[C@H](O)[C@H]3O)n[nH]c2C(C)C)c1. The third-order valence-corrected chi connectivity index (χ3v) is 4.98. The summed E-state index contributed by atoms with van der Waals surface area (Å²) in [5, 5.41) is 46.7. The highest BCUT2D eigenvalue weighted by Crippen LogP contribution is 2.31. The van der Waals surface area contributed by atoms with E-state index in [1.54, 1.807) is 0 Å². The molecular formula is C20H28N2O6. The molecule has 0 amide bonds. The van der Waals surface area contributed by atoms with Crippen molar-refractivity contribution in [1.82, 2.24) is 10.2 Å². The molecule has 1 aromatic carbocycles. The Hall–Kier alpha value is -1.97. The van der Waals surface area contributed by atoms with Crippen LogP contribution in [0.4, 0.5) is 0 Å². The molecule has 1 aromatic heterocycles. The van der Waals surface area contributed by atoms with Crippen molar-refractivity contribution in [2.24, 2.45) is 0 Å². The molecule has 1 aliphatic heterocycles. The highest BCUT2D eigenvalue weighted by atomic mass is 16.7. The molecule has 1 saturated heterocycles. The van der Waals surface area contributed by atoms with Crippen LogP contribution in [0, 0.1) is 6.92 Å². The Morgan fingerprint density at radius 1 is 1.18 bits per heavy atom. The van der Waals surface area contributed by atoms with Crippen LogP contribution in [-0.4, -0.2) is 67.9 Å². The molecule has 8 heteroatoms. The van der Waals surface area contributed by atoms with Crippen molar-refractivity contribution < 1.29 is 29.9 Å². The fourth-order valence-corrected chi connectivity index (χ4v) is 3.41. The van der Waals surface area contributed by atoms with Crippen LogP contribution in [0.15, 0.2) is 24.3 Å². The first-order chi connectivity index (χ1) is 13.3. The van der Waals surface area contributed by atoms with E-state index >= 15 is 0 Å². The smallest absolute Gasteiger partial charge is 0.238 e. The number of rotatable bonds is 6. The van der Waals surface area contributed by atoms with Gasteiger partial charge in [-0.3, -0.25) is 5.10 Å². The lowest BCUT2D eigenvalue weighted by Crippen LogP contribution is -2.60. The first-order valence-electron chi connectivity index (χ1n) is 9.41. The van der Waals surface area contributed by atoms with E-state index in [1.807, 2.05) is 39.0 Å². The number of hydrogen-bond acceptors (Lipinski definition) is 7. The molecule has 0 saturated carbocycles. The Morgan fingerprint density at radius 3 is 2.57 bits per heavy atom. The maximum Gasteiger partial charge on any atom is 0.238 e. The van der Waals surface area contributed by atoms with E-state index in [2.05, 4.69) is 16.3 Å². The van der Waals surface area contributed by atoms with Gasteiger partial charge in [0.2, 0.25) is 12.2 Å². The third kappa shape index (κ3) is 4.21. The zero-order chi connectivity index (χ0) is 20.4. The molecule has 1 aliphatic rings. The van der Waals surface area contributed by atoms with E-state index in [1.165, 1.54) is 0 Å². The minimum Gasteiger partial charge on any atom is -0.443 e. The zero-order valence-corrected chi connectivity index (χ0v) is 16.2. The topological polar surface area (TPSA) is 128 Å². The van der Waals surface area contributed by atoms with Gasteiger partial charge in [0.25, 0.3) is 0 Å². The van der Waals surface area contributed by atoms with Crippen molar-refractivity contribution in [3.05, 3.63) is 46.6 Å². The lowest BCUT2D eigenvalue weighted by atomic mass is 9.98. The van der Waals surface area contributed by atoms with Gasteiger partial charge in [0, 0.05) is 17.7 Å². The number of aliphatic hydroxyl groups is 4. The van der Waals surface area contributed by atoms with E-state index in [9.17, 15) is 20.4 Å². The number of aryl methyl sites for hydroxylation is 1. The van der Waals surface area contributed by atoms with Crippen LogP contribution in [0.3, 0.4) is 0 Å². The van der Waals surface area contributed by atoms with Crippen LogP contribution < -0.4 is 4.74 Å². The van der Waals surface area contributed by atoms with Crippen molar-refractivity contribution in [3.8, 4) is 5.88 Å². The Bertz CT molecular complexity index is 791.